The number of benzene rings is 2. The number of fused-ring (bicyclic) bond motifs is 1. The van der Waals surface area contributed by atoms with Crippen molar-refractivity contribution in [3.8, 4) is 22.5 Å². The molecule has 2 aliphatic rings. The Bertz CT molecular complexity index is 1410. The number of aromatic nitrogens is 2. The van der Waals surface area contributed by atoms with Crippen molar-refractivity contribution >= 4 is 28.5 Å². The van der Waals surface area contributed by atoms with Gasteiger partial charge in [-0.15, -0.1) is 0 Å². The van der Waals surface area contributed by atoms with Crippen molar-refractivity contribution in [2.24, 2.45) is 0 Å². The third-order valence-corrected chi connectivity index (χ3v) is 7.04. The average molecular weight is 502 g/mol. The molecular formula is C28H28FN5O3. The molecule has 6 rings (SSSR count). The molecule has 0 spiro atoms. The van der Waals surface area contributed by atoms with Crippen LogP contribution in [-0.2, 0) is 9.53 Å². The predicted octanol–water partition coefficient (Wildman–Crippen LogP) is 4.57. The molecule has 0 bridgehead atoms. The van der Waals surface area contributed by atoms with Crippen LogP contribution in [0.25, 0.3) is 33.6 Å². The van der Waals surface area contributed by atoms with Gasteiger partial charge in [-0.25, -0.2) is 14.4 Å². The van der Waals surface area contributed by atoms with Gasteiger partial charge in [0.25, 0.3) is 5.91 Å². The summed E-state index contributed by atoms with van der Waals surface area (Å²) in [6, 6.07) is 13.9. The zero-order chi connectivity index (χ0) is 25.4. The molecule has 2 aliphatic heterocycles. The van der Waals surface area contributed by atoms with E-state index in [0.29, 0.717) is 23.8 Å². The first-order chi connectivity index (χ1) is 18.1. The highest BCUT2D eigenvalue weighted by atomic mass is 19.1. The van der Waals surface area contributed by atoms with Gasteiger partial charge in [0.1, 0.15) is 29.8 Å². The lowest BCUT2D eigenvalue weighted by Crippen LogP contribution is -2.44. The molecule has 190 valence electrons. The first-order valence-electron chi connectivity index (χ1n) is 12.6. The molecule has 4 aromatic rings. The van der Waals surface area contributed by atoms with E-state index in [9.17, 15) is 9.18 Å². The Morgan fingerprint density at radius 2 is 1.73 bits per heavy atom. The van der Waals surface area contributed by atoms with Crippen molar-refractivity contribution < 1.29 is 18.3 Å². The zero-order valence-corrected chi connectivity index (χ0v) is 20.6. The molecule has 0 radical (unpaired) electrons. The van der Waals surface area contributed by atoms with Gasteiger partial charge in [0, 0.05) is 49.6 Å². The Kier molecular flexibility index (Phi) is 6.31. The molecule has 1 atom stereocenters. The normalized spacial score (nSPS) is 18.4. The Morgan fingerprint density at radius 1 is 1.00 bits per heavy atom. The second-order valence-electron chi connectivity index (χ2n) is 9.55. The molecule has 9 heteroatoms. The second-order valence-corrected chi connectivity index (χ2v) is 9.55. The van der Waals surface area contributed by atoms with Crippen LogP contribution in [0.15, 0.2) is 59.3 Å². The number of halogens is 1. The van der Waals surface area contributed by atoms with Crippen LogP contribution in [0.5, 0.6) is 0 Å². The predicted molar refractivity (Wildman–Crippen MR) is 140 cm³/mol. The van der Waals surface area contributed by atoms with Gasteiger partial charge in [0.05, 0.1) is 5.39 Å². The summed E-state index contributed by atoms with van der Waals surface area (Å²) in [5.41, 5.74) is 3.61. The van der Waals surface area contributed by atoms with Crippen molar-refractivity contribution in [3.05, 3.63) is 60.7 Å². The highest BCUT2D eigenvalue weighted by molar-refractivity contribution is 6.06. The van der Waals surface area contributed by atoms with Crippen LogP contribution in [0.2, 0.25) is 0 Å². The number of nitrogens with zero attached hydrogens (tertiary/aromatic N) is 4. The maximum Gasteiger partial charge on any atom is 0.253 e. The third kappa shape index (κ3) is 4.68. The number of likely N-dealkylation sites (N-methyl/N-ethyl adjacent to an activating group) is 1. The van der Waals surface area contributed by atoms with E-state index in [0.717, 1.165) is 66.9 Å². The van der Waals surface area contributed by atoms with Crippen molar-refractivity contribution in [1.29, 1.82) is 0 Å². The number of nitrogens with one attached hydrogen (secondary N) is 1. The average Bonchev–Trinajstić information content (AvgIpc) is 3.59. The summed E-state index contributed by atoms with van der Waals surface area (Å²) in [5.74, 6) is 0.996. The fourth-order valence-electron chi connectivity index (χ4n) is 4.98. The smallest absolute Gasteiger partial charge is 0.253 e. The molecule has 1 amide bonds. The summed E-state index contributed by atoms with van der Waals surface area (Å²) in [6.45, 7) is 4.16. The van der Waals surface area contributed by atoms with Crippen LogP contribution >= 0.6 is 0 Å². The van der Waals surface area contributed by atoms with E-state index in [1.165, 1.54) is 18.5 Å². The molecule has 2 saturated heterocycles. The van der Waals surface area contributed by atoms with Crippen LogP contribution < -0.4 is 10.2 Å². The van der Waals surface area contributed by atoms with Gasteiger partial charge in [-0.3, -0.25) is 4.79 Å². The lowest BCUT2D eigenvalue weighted by atomic mass is 9.99. The van der Waals surface area contributed by atoms with Gasteiger partial charge in [-0.2, -0.15) is 0 Å². The van der Waals surface area contributed by atoms with E-state index in [2.05, 4.69) is 32.1 Å². The first-order valence-corrected chi connectivity index (χ1v) is 12.6. The molecule has 2 aromatic heterocycles. The van der Waals surface area contributed by atoms with Gasteiger partial charge >= 0.3 is 0 Å². The molecule has 37 heavy (non-hydrogen) atoms. The summed E-state index contributed by atoms with van der Waals surface area (Å²) in [7, 11) is 2.11. The molecule has 2 fully saturated rings. The molecule has 4 heterocycles. The lowest BCUT2D eigenvalue weighted by molar-refractivity contribution is -0.124. The fourth-order valence-corrected chi connectivity index (χ4v) is 4.98. The van der Waals surface area contributed by atoms with Crippen LogP contribution in [0, 0.1) is 5.82 Å². The fraction of sp³-hybridized carbons (Fsp3) is 0.321. The van der Waals surface area contributed by atoms with Crippen molar-refractivity contribution in [2.75, 3.05) is 50.1 Å². The van der Waals surface area contributed by atoms with E-state index in [1.807, 2.05) is 24.3 Å². The van der Waals surface area contributed by atoms with Crippen LogP contribution in [0.3, 0.4) is 0 Å². The maximum absolute atomic E-state index is 13.8. The van der Waals surface area contributed by atoms with Gasteiger partial charge in [0.15, 0.2) is 0 Å². The number of ether oxygens (including phenoxy) is 1. The molecular weight excluding hydrogens is 473 g/mol. The number of carbonyl (C=O) groups excluding carboxylic acids is 1. The van der Waals surface area contributed by atoms with E-state index >= 15 is 0 Å². The van der Waals surface area contributed by atoms with E-state index in [1.54, 1.807) is 12.1 Å². The van der Waals surface area contributed by atoms with Gasteiger partial charge in [-0.05, 0) is 61.9 Å². The first kappa shape index (κ1) is 23.6. The van der Waals surface area contributed by atoms with Gasteiger partial charge < -0.3 is 24.3 Å². The van der Waals surface area contributed by atoms with Crippen molar-refractivity contribution in [3.63, 3.8) is 0 Å². The number of piperazine rings is 1. The number of hydrogen-bond acceptors (Lipinski definition) is 7. The summed E-state index contributed by atoms with van der Waals surface area (Å²) in [5, 5.41) is 3.74. The van der Waals surface area contributed by atoms with Gasteiger partial charge in [0.2, 0.25) is 5.71 Å². The Labute approximate surface area is 214 Å². The number of carbonyl (C=O) groups is 1. The summed E-state index contributed by atoms with van der Waals surface area (Å²) >= 11 is 0. The minimum Gasteiger partial charge on any atom is -0.437 e. The van der Waals surface area contributed by atoms with Gasteiger partial charge in [-0.1, -0.05) is 12.1 Å². The molecule has 8 nitrogen and oxygen atoms in total. The third-order valence-electron chi connectivity index (χ3n) is 7.04. The quantitative estimate of drug-likeness (QED) is 0.429. The van der Waals surface area contributed by atoms with Crippen LogP contribution in [-0.4, -0.2) is 66.7 Å². The molecule has 1 N–H and O–H groups in total. The highest BCUT2D eigenvalue weighted by Gasteiger charge is 2.27. The molecule has 1 unspecified atom stereocenters. The maximum atomic E-state index is 13.8. The largest absolute Gasteiger partial charge is 0.437 e. The molecule has 0 saturated carbocycles. The minimum absolute atomic E-state index is 0.131. The number of hydrogen-bond donors (Lipinski definition) is 1. The van der Waals surface area contributed by atoms with E-state index in [4.69, 9.17) is 9.15 Å². The highest BCUT2D eigenvalue weighted by Crippen LogP contribution is 2.43. The van der Waals surface area contributed by atoms with Crippen molar-refractivity contribution in [2.45, 2.75) is 18.9 Å². The van der Waals surface area contributed by atoms with Crippen LogP contribution in [0.1, 0.15) is 12.8 Å². The minimum atomic E-state index is -0.397. The van der Waals surface area contributed by atoms with E-state index in [-0.39, 0.29) is 11.7 Å². The molecule has 0 aliphatic carbocycles. The Balaban J connectivity index is 1.41. The van der Waals surface area contributed by atoms with E-state index < -0.39 is 6.10 Å². The zero-order valence-electron chi connectivity index (χ0n) is 20.6. The molecule has 2 aromatic carbocycles. The topological polar surface area (TPSA) is 83.7 Å². The second kappa shape index (κ2) is 9.91. The Morgan fingerprint density at radius 3 is 2.43 bits per heavy atom. The monoisotopic (exact) mass is 501 g/mol. The number of anilines is 2. The summed E-state index contributed by atoms with van der Waals surface area (Å²) in [6.07, 6.45) is 2.77. The summed E-state index contributed by atoms with van der Waals surface area (Å²) in [4.78, 5) is 26.1. The lowest BCUT2D eigenvalue weighted by Gasteiger charge is -2.33. The number of amides is 1. The van der Waals surface area contributed by atoms with Crippen LogP contribution in [0.4, 0.5) is 15.9 Å². The number of rotatable bonds is 5. The van der Waals surface area contributed by atoms with Crippen molar-refractivity contribution in [1.82, 2.24) is 14.9 Å². The summed E-state index contributed by atoms with van der Waals surface area (Å²) < 4.78 is 25.6. The SMILES string of the molecule is CN1CCN(c2ncnc3oc(-c4ccc(NC(=O)C5CCCO5)cc4)c(-c4ccc(F)cc4)c23)CC1. The standard InChI is InChI=1S/C28H28FN5O3/c1-33-12-14-34(15-13-33)26-24-23(18-4-8-20(29)9-5-18)25(37-28(24)31-17-30-26)19-6-10-21(11-7-19)32-27(35)22-3-2-16-36-22/h4-11,17,22H,2-3,12-16H2,1H3,(H,32,35). The Hall–Kier alpha value is -3.82. The number of furan rings is 1.